The second-order valence-electron chi connectivity index (χ2n) is 7.32. The molecule has 1 fully saturated rings. The Labute approximate surface area is 143 Å². The van der Waals surface area contributed by atoms with Crippen molar-refractivity contribution in [3.63, 3.8) is 0 Å². The first-order valence-electron chi connectivity index (χ1n) is 8.89. The van der Waals surface area contributed by atoms with Crippen LogP contribution in [0.5, 0.6) is 0 Å². The van der Waals surface area contributed by atoms with Crippen LogP contribution in [0.4, 0.5) is 5.69 Å². The van der Waals surface area contributed by atoms with Crippen LogP contribution in [0.3, 0.4) is 0 Å². The fraction of sp³-hybridized carbons (Fsp3) is 0.381. The van der Waals surface area contributed by atoms with Gasteiger partial charge in [-0.25, -0.2) is 0 Å². The Morgan fingerprint density at radius 3 is 2.71 bits per heavy atom. The number of fused-ring (bicyclic) bond motifs is 1. The summed E-state index contributed by atoms with van der Waals surface area (Å²) in [6.45, 7) is 0. The lowest BCUT2D eigenvalue weighted by atomic mass is 9.86. The van der Waals surface area contributed by atoms with Crippen molar-refractivity contribution < 1.29 is 4.79 Å². The zero-order valence-corrected chi connectivity index (χ0v) is 13.9. The third-order valence-electron chi connectivity index (χ3n) is 5.51. The molecule has 1 saturated carbocycles. The van der Waals surface area contributed by atoms with E-state index < -0.39 is 0 Å². The number of nitrogens with one attached hydrogen (secondary N) is 1. The lowest BCUT2D eigenvalue weighted by Gasteiger charge is -2.28. The number of carbonyl (C=O) groups excluding carboxylic acids is 1. The van der Waals surface area contributed by atoms with Crippen LogP contribution < -0.4 is 11.1 Å². The van der Waals surface area contributed by atoms with E-state index in [1.807, 2.05) is 24.3 Å². The minimum absolute atomic E-state index is 0.134. The van der Waals surface area contributed by atoms with Crippen LogP contribution >= 0.6 is 0 Å². The Hall–Kier alpha value is -2.29. The first kappa shape index (κ1) is 15.3. The molecule has 2 aromatic carbocycles. The molecule has 2 aromatic rings. The van der Waals surface area contributed by atoms with Gasteiger partial charge in [0.2, 0.25) is 5.91 Å². The molecule has 1 unspecified atom stereocenters. The summed E-state index contributed by atoms with van der Waals surface area (Å²) in [4.78, 5) is 12.9. The van der Waals surface area contributed by atoms with Crippen molar-refractivity contribution in [3.8, 4) is 0 Å². The molecule has 0 spiro atoms. The monoisotopic (exact) mass is 320 g/mol. The van der Waals surface area contributed by atoms with Gasteiger partial charge in [0.15, 0.2) is 0 Å². The molecule has 3 nitrogen and oxygen atoms in total. The SMILES string of the molecule is Nc1ccc2c(c1)CCCC2NC(=O)C1(Cc2ccccc2)CC1. The van der Waals surface area contributed by atoms with E-state index in [0.717, 1.165) is 44.2 Å². The first-order valence-corrected chi connectivity index (χ1v) is 8.89. The summed E-state index contributed by atoms with van der Waals surface area (Å²) in [5, 5.41) is 3.34. The van der Waals surface area contributed by atoms with E-state index >= 15 is 0 Å². The summed E-state index contributed by atoms with van der Waals surface area (Å²) < 4.78 is 0. The maximum Gasteiger partial charge on any atom is 0.227 e. The fourth-order valence-corrected chi connectivity index (χ4v) is 3.92. The molecular weight excluding hydrogens is 296 g/mol. The zero-order chi connectivity index (χ0) is 16.6. The molecule has 0 aliphatic heterocycles. The molecule has 24 heavy (non-hydrogen) atoms. The molecule has 4 rings (SSSR count). The molecule has 1 atom stereocenters. The Morgan fingerprint density at radius 2 is 1.96 bits per heavy atom. The molecule has 0 saturated heterocycles. The molecular formula is C21H24N2O. The Morgan fingerprint density at radius 1 is 1.17 bits per heavy atom. The molecule has 0 heterocycles. The van der Waals surface area contributed by atoms with E-state index in [4.69, 9.17) is 5.73 Å². The maximum atomic E-state index is 12.9. The van der Waals surface area contributed by atoms with Gasteiger partial charge in [0.25, 0.3) is 0 Å². The fourth-order valence-electron chi connectivity index (χ4n) is 3.92. The number of aryl methyl sites for hydroxylation is 1. The average molecular weight is 320 g/mol. The van der Waals surface area contributed by atoms with Crippen molar-refractivity contribution in [2.75, 3.05) is 5.73 Å². The largest absolute Gasteiger partial charge is 0.399 e. The van der Waals surface area contributed by atoms with E-state index in [2.05, 4.69) is 29.6 Å². The topological polar surface area (TPSA) is 55.1 Å². The molecule has 3 heteroatoms. The third kappa shape index (κ3) is 2.91. The molecule has 2 aliphatic carbocycles. The van der Waals surface area contributed by atoms with Crippen LogP contribution in [0.25, 0.3) is 0 Å². The highest BCUT2D eigenvalue weighted by molar-refractivity contribution is 5.86. The second kappa shape index (κ2) is 5.97. The Balaban J connectivity index is 1.49. The maximum absolute atomic E-state index is 12.9. The number of carbonyl (C=O) groups is 1. The highest BCUT2D eigenvalue weighted by Crippen LogP contribution is 2.49. The summed E-state index contributed by atoms with van der Waals surface area (Å²) in [6.07, 6.45) is 6.02. The van der Waals surface area contributed by atoms with Crippen LogP contribution in [0.1, 0.15) is 48.4 Å². The number of nitrogen functional groups attached to an aromatic ring is 1. The van der Waals surface area contributed by atoms with Gasteiger partial charge in [-0.3, -0.25) is 4.79 Å². The summed E-state index contributed by atoms with van der Waals surface area (Å²) in [6, 6.07) is 16.6. The van der Waals surface area contributed by atoms with E-state index in [0.29, 0.717) is 0 Å². The van der Waals surface area contributed by atoms with Gasteiger partial charge < -0.3 is 11.1 Å². The van der Waals surface area contributed by atoms with Crippen LogP contribution in [0.15, 0.2) is 48.5 Å². The molecule has 1 amide bonds. The Bertz CT molecular complexity index is 750. The lowest BCUT2D eigenvalue weighted by molar-refractivity contribution is -0.127. The van der Waals surface area contributed by atoms with Crippen molar-refractivity contribution in [1.82, 2.24) is 5.32 Å². The van der Waals surface area contributed by atoms with Gasteiger partial charge in [-0.15, -0.1) is 0 Å². The second-order valence-corrected chi connectivity index (χ2v) is 7.32. The summed E-state index contributed by atoms with van der Waals surface area (Å²) in [5.41, 5.74) is 10.3. The van der Waals surface area contributed by atoms with Crippen molar-refractivity contribution in [1.29, 1.82) is 0 Å². The van der Waals surface area contributed by atoms with Crippen LogP contribution in [0, 0.1) is 5.41 Å². The molecule has 2 aliphatic rings. The lowest BCUT2D eigenvalue weighted by Crippen LogP contribution is -2.37. The minimum atomic E-state index is -0.188. The van der Waals surface area contributed by atoms with Crippen molar-refractivity contribution in [2.24, 2.45) is 5.41 Å². The van der Waals surface area contributed by atoms with Crippen LogP contribution in [-0.2, 0) is 17.6 Å². The number of hydrogen-bond donors (Lipinski definition) is 2. The van der Waals surface area contributed by atoms with Crippen LogP contribution in [0.2, 0.25) is 0 Å². The van der Waals surface area contributed by atoms with E-state index in [9.17, 15) is 4.79 Å². The quantitative estimate of drug-likeness (QED) is 0.842. The van der Waals surface area contributed by atoms with Crippen molar-refractivity contribution >= 4 is 11.6 Å². The number of amides is 1. The van der Waals surface area contributed by atoms with Crippen LogP contribution in [-0.4, -0.2) is 5.91 Å². The molecule has 3 N–H and O–H groups in total. The van der Waals surface area contributed by atoms with E-state index in [1.54, 1.807) is 0 Å². The van der Waals surface area contributed by atoms with Crippen molar-refractivity contribution in [3.05, 3.63) is 65.2 Å². The number of benzene rings is 2. The summed E-state index contributed by atoms with van der Waals surface area (Å²) in [5.74, 6) is 0.223. The predicted molar refractivity (Wildman–Crippen MR) is 96.5 cm³/mol. The minimum Gasteiger partial charge on any atom is -0.399 e. The van der Waals surface area contributed by atoms with Crippen molar-refractivity contribution in [2.45, 2.75) is 44.6 Å². The highest BCUT2D eigenvalue weighted by atomic mass is 16.2. The van der Waals surface area contributed by atoms with Gasteiger partial charge in [-0.2, -0.15) is 0 Å². The molecule has 0 radical (unpaired) electrons. The first-order chi connectivity index (χ1) is 11.7. The number of nitrogens with two attached hydrogens (primary N) is 1. The van der Waals surface area contributed by atoms with Gasteiger partial charge in [0.1, 0.15) is 0 Å². The zero-order valence-electron chi connectivity index (χ0n) is 13.9. The smallest absolute Gasteiger partial charge is 0.227 e. The summed E-state index contributed by atoms with van der Waals surface area (Å²) in [7, 11) is 0. The number of rotatable bonds is 4. The standard InChI is InChI=1S/C21H24N2O/c22-17-9-10-18-16(13-17)7-4-8-19(18)23-20(24)21(11-12-21)14-15-5-2-1-3-6-15/h1-3,5-6,9-10,13,19H,4,7-8,11-12,14,22H2,(H,23,24). The molecule has 0 aromatic heterocycles. The third-order valence-corrected chi connectivity index (χ3v) is 5.51. The Kier molecular flexibility index (Phi) is 3.79. The van der Waals surface area contributed by atoms with E-state index in [-0.39, 0.29) is 17.4 Å². The van der Waals surface area contributed by atoms with Gasteiger partial charge >= 0.3 is 0 Å². The number of anilines is 1. The highest BCUT2D eigenvalue weighted by Gasteiger charge is 2.50. The van der Waals surface area contributed by atoms with Gasteiger partial charge in [0.05, 0.1) is 11.5 Å². The molecule has 0 bridgehead atoms. The van der Waals surface area contributed by atoms with Gasteiger partial charge in [-0.05, 0) is 67.3 Å². The normalized spacial score (nSPS) is 20.9. The van der Waals surface area contributed by atoms with E-state index in [1.165, 1.54) is 16.7 Å². The van der Waals surface area contributed by atoms with Gasteiger partial charge in [0, 0.05) is 5.69 Å². The average Bonchev–Trinajstić information content (AvgIpc) is 3.36. The predicted octanol–water partition coefficient (Wildman–Crippen LogP) is 3.79. The van der Waals surface area contributed by atoms with Gasteiger partial charge in [-0.1, -0.05) is 36.4 Å². The summed E-state index contributed by atoms with van der Waals surface area (Å²) >= 11 is 0. The number of hydrogen-bond acceptors (Lipinski definition) is 2. The molecule has 124 valence electrons.